The van der Waals surface area contributed by atoms with E-state index in [1.54, 1.807) is 11.3 Å². The predicted molar refractivity (Wildman–Crippen MR) is 76.7 cm³/mol. The third-order valence-electron chi connectivity index (χ3n) is 3.62. The van der Waals surface area contributed by atoms with E-state index in [0.29, 0.717) is 23.4 Å². The lowest BCUT2D eigenvalue weighted by Crippen LogP contribution is -2.09. The van der Waals surface area contributed by atoms with Crippen molar-refractivity contribution in [3.05, 3.63) is 27.8 Å². The number of rotatable bonds is 6. The molecule has 0 N–H and O–H groups in total. The summed E-state index contributed by atoms with van der Waals surface area (Å²) in [5.41, 5.74) is 0.632. The van der Waals surface area contributed by atoms with Crippen LogP contribution in [-0.2, 0) is 21.3 Å². The molecule has 2 saturated carbocycles. The van der Waals surface area contributed by atoms with Crippen molar-refractivity contribution in [2.75, 3.05) is 0 Å². The zero-order valence-electron chi connectivity index (χ0n) is 11.4. The molecule has 0 atom stereocenters. The molecule has 0 amide bonds. The Labute approximate surface area is 126 Å². The monoisotopic (exact) mass is 325 g/mol. The van der Waals surface area contributed by atoms with E-state index in [1.807, 2.05) is 5.38 Å². The molecule has 2 fully saturated rings. The van der Waals surface area contributed by atoms with Crippen molar-refractivity contribution in [1.82, 2.24) is 15.1 Å². The Bertz CT molecular complexity index is 699. The van der Waals surface area contributed by atoms with Gasteiger partial charge in [-0.25, -0.2) is 13.4 Å². The van der Waals surface area contributed by atoms with E-state index >= 15 is 0 Å². The van der Waals surface area contributed by atoms with Crippen LogP contribution in [0.4, 0.5) is 0 Å². The van der Waals surface area contributed by atoms with Crippen LogP contribution in [0.2, 0.25) is 0 Å². The number of hydrogen-bond donors (Lipinski definition) is 0. The molecule has 2 aliphatic rings. The summed E-state index contributed by atoms with van der Waals surface area (Å²) in [7, 11) is -3.31. The fourth-order valence-electron chi connectivity index (χ4n) is 2.20. The van der Waals surface area contributed by atoms with Gasteiger partial charge in [0.2, 0.25) is 5.89 Å². The summed E-state index contributed by atoms with van der Waals surface area (Å²) < 4.78 is 29.5. The first-order chi connectivity index (χ1) is 10.1. The molecule has 2 heterocycles. The summed E-state index contributed by atoms with van der Waals surface area (Å²) in [5.74, 6) is 1.50. The Morgan fingerprint density at radius 3 is 2.62 bits per heavy atom. The average Bonchev–Trinajstić information content (AvgIpc) is 3.35. The molecule has 4 rings (SSSR count). The van der Waals surface area contributed by atoms with Gasteiger partial charge >= 0.3 is 0 Å². The molecule has 0 spiro atoms. The number of aromatic nitrogens is 3. The van der Waals surface area contributed by atoms with Crippen LogP contribution >= 0.6 is 11.3 Å². The number of thiazole rings is 1. The molecule has 0 unspecified atom stereocenters. The summed E-state index contributed by atoms with van der Waals surface area (Å²) in [5, 5.41) is 6.67. The van der Waals surface area contributed by atoms with Gasteiger partial charge in [0.25, 0.3) is 0 Å². The first-order valence-electron chi connectivity index (χ1n) is 7.06. The molecule has 2 aliphatic carbocycles. The van der Waals surface area contributed by atoms with E-state index in [9.17, 15) is 8.42 Å². The van der Waals surface area contributed by atoms with Crippen molar-refractivity contribution >= 4 is 21.2 Å². The molecule has 8 heteroatoms. The highest BCUT2D eigenvalue weighted by Crippen LogP contribution is 2.41. The minimum absolute atomic E-state index is 0.0521. The second kappa shape index (κ2) is 4.88. The van der Waals surface area contributed by atoms with Crippen LogP contribution in [0.25, 0.3) is 0 Å². The maximum absolute atomic E-state index is 12.2. The Hall–Kier alpha value is -1.28. The minimum Gasteiger partial charge on any atom is -0.339 e. The summed E-state index contributed by atoms with van der Waals surface area (Å²) >= 11 is 1.56. The van der Waals surface area contributed by atoms with Crippen LogP contribution in [0.3, 0.4) is 0 Å². The van der Waals surface area contributed by atoms with Gasteiger partial charge in [0, 0.05) is 17.2 Å². The Morgan fingerprint density at radius 1 is 1.14 bits per heavy atom. The van der Waals surface area contributed by atoms with Gasteiger partial charge in [-0.15, -0.1) is 11.3 Å². The maximum Gasteiger partial charge on any atom is 0.229 e. The van der Waals surface area contributed by atoms with Crippen LogP contribution < -0.4 is 0 Å². The lowest BCUT2D eigenvalue weighted by Gasteiger charge is -1.98. The van der Waals surface area contributed by atoms with Crippen LogP contribution in [0.5, 0.6) is 0 Å². The van der Waals surface area contributed by atoms with Crippen molar-refractivity contribution in [1.29, 1.82) is 0 Å². The first-order valence-corrected chi connectivity index (χ1v) is 9.76. The van der Waals surface area contributed by atoms with Crippen molar-refractivity contribution in [3.8, 4) is 0 Å². The first kappa shape index (κ1) is 13.4. The number of nitrogens with zero attached hydrogens (tertiary/aromatic N) is 3. The van der Waals surface area contributed by atoms with Gasteiger partial charge in [-0.3, -0.25) is 0 Å². The summed E-state index contributed by atoms with van der Waals surface area (Å²) in [4.78, 5) is 8.59. The van der Waals surface area contributed by atoms with Gasteiger partial charge in [0.05, 0.1) is 16.5 Å². The molecule has 0 bridgehead atoms. The molecule has 0 radical (unpaired) electrons. The highest BCUT2D eigenvalue weighted by Gasteiger charge is 2.31. The van der Waals surface area contributed by atoms with Crippen LogP contribution in [0.1, 0.15) is 59.9 Å². The normalized spacial score (nSPS) is 19.0. The molecular formula is C13H15N3O3S2. The molecule has 2 aromatic rings. The zero-order valence-corrected chi connectivity index (χ0v) is 13.0. The average molecular weight is 325 g/mol. The summed E-state index contributed by atoms with van der Waals surface area (Å²) in [6, 6.07) is 0. The minimum atomic E-state index is -3.31. The topological polar surface area (TPSA) is 86.0 Å². The summed E-state index contributed by atoms with van der Waals surface area (Å²) in [6.45, 7) is 0. The fourth-order valence-corrected chi connectivity index (χ4v) is 4.51. The Balaban J connectivity index is 1.44. The fraction of sp³-hybridized carbons (Fsp3) is 0.615. The van der Waals surface area contributed by atoms with Gasteiger partial charge < -0.3 is 4.52 Å². The zero-order chi connectivity index (χ0) is 14.4. The lowest BCUT2D eigenvalue weighted by molar-refractivity contribution is 0.375. The third kappa shape index (κ3) is 3.16. The van der Waals surface area contributed by atoms with Gasteiger partial charge in [-0.1, -0.05) is 5.16 Å². The number of sulfone groups is 1. The molecule has 0 aromatic carbocycles. The second-order valence-corrected chi connectivity index (χ2v) is 8.76. The van der Waals surface area contributed by atoms with E-state index in [-0.39, 0.29) is 17.3 Å². The van der Waals surface area contributed by atoms with Gasteiger partial charge in [0.15, 0.2) is 15.7 Å². The van der Waals surface area contributed by atoms with Crippen LogP contribution in [-0.4, -0.2) is 23.5 Å². The van der Waals surface area contributed by atoms with Crippen LogP contribution in [0, 0.1) is 0 Å². The molecule has 21 heavy (non-hydrogen) atoms. The molecule has 0 saturated heterocycles. The van der Waals surface area contributed by atoms with Crippen molar-refractivity contribution < 1.29 is 12.9 Å². The van der Waals surface area contributed by atoms with Gasteiger partial charge in [0.1, 0.15) is 5.75 Å². The summed E-state index contributed by atoms with van der Waals surface area (Å²) in [6.07, 6.45) is 4.45. The second-order valence-electron chi connectivity index (χ2n) is 5.81. The standard InChI is InChI=1S/C13H15N3O3S2/c17-21(18,6-10-5-20-13(14-10)9-3-4-9)7-11-15-12(19-16-11)8-1-2-8/h5,8-9H,1-4,6-7H2. The smallest absolute Gasteiger partial charge is 0.229 e. The lowest BCUT2D eigenvalue weighted by atomic mass is 10.4. The third-order valence-corrected chi connectivity index (χ3v) is 6.11. The maximum atomic E-state index is 12.2. The van der Waals surface area contributed by atoms with E-state index in [1.165, 1.54) is 12.8 Å². The molecular weight excluding hydrogens is 310 g/mol. The van der Waals surface area contributed by atoms with E-state index in [4.69, 9.17) is 4.52 Å². The van der Waals surface area contributed by atoms with E-state index < -0.39 is 9.84 Å². The van der Waals surface area contributed by atoms with Gasteiger partial charge in [-0.2, -0.15) is 4.98 Å². The highest BCUT2D eigenvalue weighted by atomic mass is 32.2. The predicted octanol–water partition coefficient (Wildman–Crippen LogP) is 2.40. The van der Waals surface area contributed by atoms with Crippen molar-refractivity contribution in [3.63, 3.8) is 0 Å². The Kier molecular flexibility index (Phi) is 3.11. The molecule has 112 valence electrons. The van der Waals surface area contributed by atoms with Crippen LogP contribution in [0.15, 0.2) is 9.90 Å². The quantitative estimate of drug-likeness (QED) is 0.810. The van der Waals surface area contributed by atoms with Crippen molar-refractivity contribution in [2.24, 2.45) is 0 Å². The van der Waals surface area contributed by atoms with Crippen molar-refractivity contribution in [2.45, 2.75) is 49.0 Å². The van der Waals surface area contributed by atoms with E-state index in [2.05, 4.69) is 15.1 Å². The van der Waals surface area contributed by atoms with E-state index in [0.717, 1.165) is 17.8 Å². The molecule has 6 nitrogen and oxygen atoms in total. The number of hydrogen-bond acceptors (Lipinski definition) is 7. The largest absolute Gasteiger partial charge is 0.339 e. The molecule has 0 aliphatic heterocycles. The highest BCUT2D eigenvalue weighted by molar-refractivity contribution is 7.89. The molecule has 2 aromatic heterocycles. The SMILES string of the molecule is O=S(=O)(Cc1csc(C2CC2)n1)Cc1noc(C2CC2)n1. The Morgan fingerprint density at radius 2 is 1.90 bits per heavy atom. The van der Waals surface area contributed by atoms with Gasteiger partial charge in [-0.05, 0) is 25.7 Å².